The predicted octanol–water partition coefficient (Wildman–Crippen LogP) is 3.53. The number of carbonyl (C=O) groups is 2. The summed E-state index contributed by atoms with van der Waals surface area (Å²) in [6.07, 6.45) is 0.330. The van der Waals surface area contributed by atoms with Crippen LogP contribution in [0.5, 0.6) is 0 Å². The zero-order valence-electron chi connectivity index (χ0n) is 14.2. The smallest absolute Gasteiger partial charge is 0.337 e. The number of benzene rings is 2. The highest BCUT2D eigenvalue weighted by atomic mass is 16.5. The van der Waals surface area contributed by atoms with Crippen LogP contribution in [-0.4, -0.2) is 25.5 Å². The molecule has 0 fully saturated rings. The summed E-state index contributed by atoms with van der Waals surface area (Å²) in [6.45, 7) is 4.42. The van der Waals surface area contributed by atoms with Gasteiger partial charge in [-0.1, -0.05) is 24.3 Å². The third kappa shape index (κ3) is 4.59. The van der Waals surface area contributed by atoms with E-state index in [2.05, 4.69) is 10.6 Å². The zero-order chi connectivity index (χ0) is 17.5. The second-order valence-electron chi connectivity index (χ2n) is 5.56. The number of nitrogens with one attached hydrogen (secondary N) is 2. The lowest BCUT2D eigenvalue weighted by Gasteiger charge is -2.12. The third-order valence-corrected chi connectivity index (χ3v) is 3.71. The Hall–Kier alpha value is -2.82. The largest absolute Gasteiger partial charge is 0.465 e. The minimum atomic E-state index is -0.383. The number of esters is 1. The highest BCUT2D eigenvalue weighted by molar-refractivity contribution is 5.93. The topological polar surface area (TPSA) is 67.4 Å². The molecular formula is C19H22N2O3. The second kappa shape index (κ2) is 8.15. The van der Waals surface area contributed by atoms with Gasteiger partial charge in [0.2, 0.25) is 5.91 Å². The molecule has 0 radical (unpaired) electrons. The molecule has 2 N–H and O–H groups in total. The average Bonchev–Trinajstić information content (AvgIpc) is 2.58. The summed E-state index contributed by atoms with van der Waals surface area (Å²) >= 11 is 0. The molecule has 0 bridgehead atoms. The number of aryl methyl sites for hydroxylation is 2. The van der Waals surface area contributed by atoms with Crippen molar-refractivity contribution in [2.75, 3.05) is 24.3 Å². The summed E-state index contributed by atoms with van der Waals surface area (Å²) in [5.74, 6) is -0.435. The van der Waals surface area contributed by atoms with Crippen molar-refractivity contribution >= 4 is 23.3 Å². The van der Waals surface area contributed by atoms with E-state index in [9.17, 15) is 9.59 Å². The molecule has 5 heteroatoms. The minimum Gasteiger partial charge on any atom is -0.465 e. The molecule has 0 saturated carbocycles. The van der Waals surface area contributed by atoms with E-state index in [0.29, 0.717) is 18.5 Å². The maximum absolute atomic E-state index is 12.1. The highest BCUT2D eigenvalue weighted by Crippen LogP contribution is 2.19. The molecule has 0 heterocycles. The lowest BCUT2D eigenvalue weighted by Crippen LogP contribution is -2.17. The molecule has 0 saturated heterocycles. The van der Waals surface area contributed by atoms with Gasteiger partial charge in [0.25, 0.3) is 0 Å². The van der Waals surface area contributed by atoms with Crippen molar-refractivity contribution in [2.24, 2.45) is 0 Å². The molecule has 0 aliphatic heterocycles. The third-order valence-electron chi connectivity index (χ3n) is 3.71. The first-order valence-corrected chi connectivity index (χ1v) is 7.79. The van der Waals surface area contributed by atoms with Crippen LogP contribution in [0, 0.1) is 13.8 Å². The Morgan fingerprint density at radius 2 is 1.71 bits per heavy atom. The van der Waals surface area contributed by atoms with Gasteiger partial charge in [0.05, 0.1) is 12.7 Å². The van der Waals surface area contributed by atoms with Crippen LogP contribution in [0.3, 0.4) is 0 Å². The Labute approximate surface area is 142 Å². The van der Waals surface area contributed by atoms with Gasteiger partial charge in [-0.3, -0.25) is 4.79 Å². The summed E-state index contributed by atoms with van der Waals surface area (Å²) in [4.78, 5) is 23.6. The maximum atomic E-state index is 12.1. The monoisotopic (exact) mass is 326 g/mol. The van der Waals surface area contributed by atoms with Crippen LogP contribution in [-0.2, 0) is 9.53 Å². The van der Waals surface area contributed by atoms with Gasteiger partial charge in [-0.25, -0.2) is 4.79 Å². The van der Waals surface area contributed by atoms with Crippen LogP contribution in [0.4, 0.5) is 11.4 Å². The van der Waals surface area contributed by atoms with Crippen molar-refractivity contribution < 1.29 is 14.3 Å². The normalized spacial score (nSPS) is 10.1. The van der Waals surface area contributed by atoms with Gasteiger partial charge in [-0.15, -0.1) is 0 Å². The van der Waals surface area contributed by atoms with E-state index in [-0.39, 0.29) is 11.9 Å². The highest BCUT2D eigenvalue weighted by Gasteiger charge is 2.08. The van der Waals surface area contributed by atoms with Crippen LogP contribution in [0.2, 0.25) is 0 Å². The van der Waals surface area contributed by atoms with Crippen molar-refractivity contribution in [3.63, 3.8) is 0 Å². The molecule has 0 unspecified atom stereocenters. The zero-order valence-corrected chi connectivity index (χ0v) is 14.2. The standard InChI is InChI=1S/C19H22N2O3/c1-13-6-4-7-14(2)18(13)21-17(22)10-11-20-16-9-5-8-15(12-16)19(23)24-3/h4-9,12,20H,10-11H2,1-3H3,(H,21,22). The summed E-state index contributed by atoms with van der Waals surface area (Å²) in [6, 6.07) is 12.9. The maximum Gasteiger partial charge on any atom is 0.337 e. The fraction of sp³-hybridized carbons (Fsp3) is 0.263. The Bertz CT molecular complexity index is 721. The van der Waals surface area contributed by atoms with Crippen LogP contribution in [0.25, 0.3) is 0 Å². The number of hydrogen-bond donors (Lipinski definition) is 2. The number of rotatable bonds is 6. The minimum absolute atomic E-state index is 0.0518. The lowest BCUT2D eigenvalue weighted by molar-refractivity contribution is -0.116. The molecule has 2 aromatic rings. The number of carbonyl (C=O) groups excluding carboxylic acids is 2. The van der Waals surface area contributed by atoms with Crippen LogP contribution < -0.4 is 10.6 Å². The van der Waals surface area contributed by atoms with E-state index in [1.165, 1.54) is 7.11 Å². The molecule has 0 aliphatic carbocycles. The van der Waals surface area contributed by atoms with Gasteiger partial charge >= 0.3 is 5.97 Å². The molecule has 2 aromatic carbocycles. The Balaban J connectivity index is 1.88. The van der Waals surface area contributed by atoms with Crippen LogP contribution >= 0.6 is 0 Å². The Morgan fingerprint density at radius 3 is 2.38 bits per heavy atom. The van der Waals surface area contributed by atoms with E-state index >= 15 is 0 Å². The van der Waals surface area contributed by atoms with E-state index in [0.717, 1.165) is 22.5 Å². The number of anilines is 2. The van der Waals surface area contributed by atoms with Gasteiger partial charge in [0, 0.05) is 24.3 Å². The van der Waals surface area contributed by atoms with Gasteiger partial charge < -0.3 is 15.4 Å². The first kappa shape index (κ1) is 17.5. The van der Waals surface area contributed by atoms with E-state index in [4.69, 9.17) is 4.74 Å². The SMILES string of the molecule is COC(=O)c1cccc(NCCC(=O)Nc2c(C)cccc2C)c1. The number of hydrogen-bond acceptors (Lipinski definition) is 4. The van der Waals surface area contributed by atoms with E-state index < -0.39 is 0 Å². The molecule has 24 heavy (non-hydrogen) atoms. The van der Waals surface area contributed by atoms with Crippen LogP contribution in [0.1, 0.15) is 27.9 Å². The first-order valence-electron chi connectivity index (χ1n) is 7.79. The van der Waals surface area contributed by atoms with Crippen LogP contribution in [0.15, 0.2) is 42.5 Å². The molecule has 0 atom stereocenters. The molecule has 0 spiro atoms. The van der Waals surface area contributed by atoms with E-state index in [1.54, 1.807) is 18.2 Å². The molecule has 1 amide bonds. The summed E-state index contributed by atoms with van der Waals surface area (Å²) in [5, 5.41) is 6.09. The van der Waals surface area contributed by atoms with Gasteiger partial charge in [0.1, 0.15) is 0 Å². The average molecular weight is 326 g/mol. The predicted molar refractivity (Wildman–Crippen MR) is 95.4 cm³/mol. The molecule has 0 aliphatic rings. The Kier molecular flexibility index (Phi) is 5.95. The fourth-order valence-electron chi connectivity index (χ4n) is 2.41. The first-order chi connectivity index (χ1) is 11.5. The molecule has 0 aromatic heterocycles. The molecule has 126 valence electrons. The number of methoxy groups -OCH3 is 1. The number of para-hydroxylation sites is 1. The Morgan fingerprint density at radius 1 is 1.04 bits per heavy atom. The van der Waals surface area contributed by atoms with Crippen molar-refractivity contribution in [2.45, 2.75) is 20.3 Å². The van der Waals surface area contributed by atoms with Gasteiger partial charge in [0.15, 0.2) is 0 Å². The molecule has 2 rings (SSSR count). The fourth-order valence-corrected chi connectivity index (χ4v) is 2.41. The molecule has 5 nitrogen and oxygen atoms in total. The summed E-state index contributed by atoms with van der Waals surface area (Å²) in [7, 11) is 1.35. The second-order valence-corrected chi connectivity index (χ2v) is 5.56. The number of amides is 1. The number of ether oxygens (including phenoxy) is 1. The van der Waals surface area contributed by atoms with E-state index in [1.807, 2.05) is 38.1 Å². The van der Waals surface area contributed by atoms with Crippen molar-refractivity contribution in [1.82, 2.24) is 0 Å². The van der Waals surface area contributed by atoms with Gasteiger partial charge in [-0.2, -0.15) is 0 Å². The summed E-state index contributed by atoms with van der Waals surface area (Å²) in [5.41, 5.74) is 4.21. The lowest BCUT2D eigenvalue weighted by atomic mass is 10.1. The van der Waals surface area contributed by atoms with Gasteiger partial charge in [-0.05, 0) is 43.2 Å². The van der Waals surface area contributed by atoms with Crippen molar-refractivity contribution in [3.8, 4) is 0 Å². The quantitative estimate of drug-likeness (QED) is 0.797. The summed E-state index contributed by atoms with van der Waals surface area (Å²) < 4.78 is 4.69. The molecular weight excluding hydrogens is 304 g/mol. The van der Waals surface area contributed by atoms with Crippen molar-refractivity contribution in [3.05, 3.63) is 59.2 Å². The van der Waals surface area contributed by atoms with Crippen molar-refractivity contribution in [1.29, 1.82) is 0 Å².